The van der Waals surface area contributed by atoms with E-state index in [1.807, 2.05) is 6.92 Å². The van der Waals surface area contributed by atoms with Crippen LogP contribution in [0.4, 0.5) is 0 Å². The summed E-state index contributed by atoms with van der Waals surface area (Å²) in [6.45, 7) is 1.94. The number of hydrogen-bond acceptors (Lipinski definition) is 2. The van der Waals surface area contributed by atoms with Crippen molar-refractivity contribution in [1.82, 2.24) is 5.32 Å². The summed E-state index contributed by atoms with van der Waals surface area (Å²) in [4.78, 5) is 9.84. The number of carboxylic acids is 1. The monoisotopic (exact) mass is 229 g/mol. The number of carbonyl (C=O) groups is 1. The minimum Gasteiger partial charge on any atom is -0.480 e. The largest absolute Gasteiger partial charge is 0.480 e. The molecule has 0 radical (unpaired) electrons. The highest BCUT2D eigenvalue weighted by Crippen LogP contribution is 1.89. The first-order chi connectivity index (χ1) is 3.63. The Labute approximate surface area is 61.6 Å². The van der Waals surface area contributed by atoms with Crippen molar-refractivity contribution in [1.29, 1.82) is 0 Å². The summed E-state index contributed by atoms with van der Waals surface area (Å²) in [7, 11) is 0. The van der Waals surface area contributed by atoms with Crippen LogP contribution in [0.3, 0.4) is 0 Å². The Balaban J connectivity index is 3.05. The van der Waals surface area contributed by atoms with Crippen LogP contribution in [-0.2, 0) is 4.79 Å². The standard InChI is InChI=1S/C4H8INO2/c1-3(5)6-2-4(7)8/h3,6H,2H2,1H3,(H,7,8). The Morgan fingerprint density at radius 3 is 2.62 bits per heavy atom. The second-order valence-electron chi connectivity index (χ2n) is 1.39. The molecule has 0 rings (SSSR count). The molecule has 3 nitrogen and oxygen atoms in total. The summed E-state index contributed by atoms with van der Waals surface area (Å²) in [6, 6.07) is 0. The van der Waals surface area contributed by atoms with E-state index in [1.165, 1.54) is 0 Å². The normalized spacial score (nSPS) is 13.2. The first kappa shape index (κ1) is 8.16. The van der Waals surface area contributed by atoms with E-state index < -0.39 is 5.97 Å². The van der Waals surface area contributed by atoms with Gasteiger partial charge in [-0.15, -0.1) is 0 Å². The third-order valence-electron chi connectivity index (χ3n) is 0.535. The van der Waals surface area contributed by atoms with Crippen LogP contribution in [0.2, 0.25) is 0 Å². The Bertz CT molecular complexity index is 84.1. The summed E-state index contributed by atoms with van der Waals surface area (Å²) in [5, 5.41) is 10.8. The molecular formula is C4H8INO2. The van der Waals surface area contributed by atoms with Gasteiger partial charge in [0.15, 0.2) is 0 Å². The van der Waals surface area contributed by atoms with Gasteiger partial charge in [-0.25, -0.2) is 0 Å². The summed E-state index contributed by atoms with van der Waals surface area (Å²) in [5.41, 5.74) is 0. The molecule has 0 amide bonds. The van der Waals surface area contributed by atoms with Crippen LogP contribution in [0.15, 0.2) is 0 Å². The highest BCUT2D eigenvalue weighted by molar-refractivity contribution is 14.1. The summed E-state index contributed by atoms with van der Waals surface area (Å²) in [5.74, 6) is -0.812. The predicted molar refractivity (Wildman–Crippen MR) is 39.1 cm³/mol. The van der Waals surface area contributed by atoms with Gasteiger partial charge in [0.1, 0.15) is 0 Å². The van der Waals surface area contributed by atoms with E-state index in [4.69, 9.17) is 5.11 Å². The Hall–Kier alpha value is 0.160. The number of rotatable bonds is 3. The molecule has 0 bridgehead atoms. The van der Waals surface area contributed by atoms with E-state index in [-0.39, 0.29) is 10.6 Å². The molecule has 0 aliphatic heterocycles. The second kappa shape index (κ2) is 4.08. The Morgan fingerprint density at radius 1 is 2.00 bits per heavy atom. The zero-order chi connectivity index (χ0) is 6.57. The number of halogens is 1. The maximum absolute atomic E-state index is 9.84. The topological polar surface area (TPSA) is 49.3 Å². The van der Waals surface area contributed by atoms with E-state index in [0.29, 0.717) is 0 Å². The van der Waals surface area contributed by atoms with Crippen LogP contribution in [0, 0.1) is 0 Å². The van der Waals surface area contributed by atoms with E-state index >= 15 is 0 Å². The Kier molecular flexibility index (Phi) is 4.16. The van der Waals surface area contributed by atoms with Gasteiger partial charge in [0.05, 0.1) is 10.6 Å². The maximum Gasteiger partial charge on any atom is 0.317 e. The smallest absolute Gasteiger partial charge is 0.317 e. The third kappa shape index (κ3) is 6.16. The van der Waals surface area contributed by atoms with Gasteiger partial charge in [-0.05, 0) is 6.92 Å². The SMILES string of the molecule is CC(I)NCC(=O)O. The van der Waals surface area contributed by atoms with Gasteiger partial charge in [-0.2, -0.15) is 0 Å². The lowest BCUT2D eigenvalue weighted by atomic mass is 10.6. The van der Waals surface area contributed by atoms with Crippen molar-refractivity contribution in [3.05, 3.63) is 0 Å². The zero-order valence-electron chi connectivity index (χ0n) is 4.52. The molecule has 2 N–H and O–H groups in total. The highest BCUT2D eigenvalue weighted by atomic mass is 127. The molecular weight excluding hydrogens is 221 g/mol. The van der Waals surface area contributed by atoms with Crippen LogP contribution < -0.4 is 5.32 Å². The minimum absolute atomic E-state index is 0.0457. The van der Waals surface area contributed by atoms with E-state index in [1.54, 1.807) is 0 Å². The van der Waals surface area contributed by atoms with Gasteiger partial charge in [-0.3, -0.25) is 10.1 Å². The quantitative estimate of drug-likeness (QED) is 0.419. The number of alkyl halides is 1. The van der Waals surface area contributed by atoms with Gasteiger partial charge >= 0.3 is 5.97 Å². The van der Waals surface area contributed by atoms with Gasteiger partial charge in [-0.1, -0.05) is 22.6 Å². The number of hydrogen-bond donors (Lipinski definition) is 2. The van der Waals surface area contributed by atoms with Gasteiger partial charge in [0, 0.05) is 0 Å². The van der Waals surface area contributed by atoms with Crippen LogP contribution in [0.5, 0.6) is 0 Å². The first-order valence-electron chi connectivity index (χ1n) is 2.22. The summed E-state index contributed by atoms with van der Waals surface area (Å²) in [6.07, 6.45) is 0. The molecule has 0 aromatic heterocycles. The molecule has 0 saturated heterocycles. The molecule has 0 saturated carbocycles. The molecule has 1 unspecified atom stereocenters. The zero-order valence-corrected chi connectivity index (χ0v) is 6.68. The number of aliphatic carboxylic acids is 1. The fourth-order valence-electron chi connectivity index (χ4n) is 0.228. The molecule has 48 valence electrons. The lowest BCUT2D eigenvalue weighted by molar-refractivity contribution is -0.135. The van der Waals surface area contributed by atoms with Gasteiger partial charge in [0.25, 0.3) is 0 Å². The van der Waals surface area contributed by atoms with E-state index in [2.05, 4.69) is 27.9 Å². The lowest BCUT2D eigenvalue weighted by Crippen LogP contribution is -2.26. The van der Waals surface area contributed by atoms with Gasteiger partial charge in [0.2, 0.25) is 0 Å². The van der Waals surface area contributed by atoms with Gasteiger partial charge < -0.3 is 5.11 Å². The first-order valence-corrected chi connectivity index (χ1v) is 3.46. The molecule has 1 atom stereocenters. The van der Waals surface area contributed by atoms with Crippen LogP contribution in [0.25, 0.3) is 0 Å². The lowest BCUT2D eigenvalue weighted by Gasteiger charge is -2.00. The van der Waals surface area contributed by atoms with Crippen molar-refractivity contribution in [2.24, 2.45) is 0 Å². The maximum atomic E-state index is 9.84. The van der Waals surface area contributed by atoms with E-state index in [0.717, 1.165) is 0 Å². The van der Waals surface area contributed by atoms with Crippen molar-refractivity contribution < 1.29 is 9.90 Å². The van der Waals surface area contributed by atoms with Crippen molar-refractivity contribution in [3.63, 3.8) is 0 Å². The molecule has 0 aromatic carbocycles. The molecule has 0 aliphatic carbocycles. The molecule has 0 aromatic rings. The molecule has 8 heavy (non-hydrogen) atoms. The molecule has 4 heteroatoms. The Morgan fingerprint density at radius 2 is 2.50 bits per heavy atom. The molecule has 0 aliphatic rings. The van der Waals surface area contributed by atoms with Crippen molar-refractivity contribution in [2.75, 3.05) is 6.54 Å². The van der Waals surface area contributed by atoms with Crippen LogP contribution in [-0.4, -0.2) is 21.7 Å². The minimum atomic E-state index is -0.812. The number of nitrogens with one attached hydrogen (secondary N) is 1. The molecule has 0 spiro atoms. The number of carboxylic acid groups (broad SMARTS) is 1. The fourth-order valence-corrected chi connectivity index (χ4v) is 0.448. The highest BCUT2D eigenvalue weighted by Gasteiger charge is 1.96. The molecule has 0 heterocycles. The van der Waals surface area contributed by atoms with Crippen LogP contribution >= 0.6 is 22.6 Å². The fraction of sp³-hybridized carbons (Fsp3) is 0.750. The summed E-state index contributed by atoms with van der Waals surface area (Å²) < 4.78 is 0.226. The van der Waals surface area contributed by atoms with Crippen LogP contribution in [0.1, 0.15) is 6.92 Å². The average molecular weight is 229 g/mol. The second-order valence-corrected chi connectivity index (χ2v) is 3.26. The average Bonchev–Trinajstić information content (AvgIpc) is 1.61. The summed E-state index contributed by atoms with van der Waals surface area (Å²) >= 11 is 2.10. The third-order valence-corrected chi connectivity index (χ3v) is 0.975. The van der Waals surface area contributed by atoms with Crippen molar-refractivity contribution in [3.8, 4) is 0 Å². The molecule has 0 fully saturated rings. The van der Waals surface area contributed by atoms with Crippen molar-refractivity contribution in [2.45, 2.75) is 11.0 Å². The van der Waals surface area contributed by atoms with Crippen molar-refractivity contribution >= 4 is 28.6 Å². The predicted octanol–water partition coefficient (Wildman–Crippen LogP) is 0.442. The van der Waals surface area contributed by atoms with E-state index in [9.17, 15) is 4.79 Å².